The van der Waals surface area contributed by atoms with E-state index in [9.17, 15) is 9.90 Å². The lowest BCUT2D eigenvalue weighted by Gasteiger charge is -2.05. The van der Waals surface area contributed by atoms with Crippen LogP contribution < -0.4 is 10.2 Å². The molecule has 3 aromatic rings. The normalized spacial score (nSPS) is 11.0. The SMILES string of the molecule is COc1ccc2cc(C(=O)NN=Cc3cc(C)ccc3O)ccc2c1. The predicted molar refractivity (Wildman–Crippen MR) is 98.4 cm³/mol. The van der Waals surface area contributed by atoms with Gasteiger partial charge in [-0.1, -0.05) is 23.8 Å². The topological polar surface area (TPSA) is 70.9 Å². The van der Waals surface area contributed by atoms with Crippen molar-refractivity contribution in [2.24, 2.45) is 5.10 Å². The first-order valence-electron chi connectivity index (χ1n) is 7.77. The molecule has 5 nitrogen and oxygen atoms in total. The molecule has 0 aliphatic heterocycles. The molecular formula is C20H18N2O3. The lowest BCUT2D eigenvalue weighted by atomic mass is 10.1. The molecule has 0 saturated carbocycles. The van der Waals surface area contributed by atoms with Crippen LogP contribution in [0, 0.1) is 6.92 Å². The van der Waals surface area contributed by atoms with Crippen molar-refractivity contribution in [2.75, 3.05) is 7.11 Å². The maximum atomic E-state index is 12.2. The molecule has 0 aliphatic carbocycles. The van der Waals surface area contributed by atoms with Crippen LogP contribution in [0.5, 0.6) is 11.5 Å². The lowest BCUT2D eigenvalue weighted by molar-refractivity contribution is 0.0955. The molecule has 0 heterocycles. The number of phenols is 1. The number of nitrogens with zero attached hydrogens (tertiary/aromatic N) is 1. The number of aromatic hydroxyl groups is 1. The zero-order valence-corrected chi connectivity index (χ0v) is 14.0. The van der Waals surface area contributed by atoms with Gasteiger partial charge in [-0.05, 0) is 54.1 Å². The third-order valence-electron chi connectivity index (χ3n) is 3.86. The second-order valence-electron chi connectivity index (χ2n) is 5.69. The van der Waals surface area contributed by atoms with Crippen molar-refractivity contribution >= 4 is 22.9 Å². The number of carbonyl (C=O) groups is 1. The first kappa shape index (κ1) is 16.5. The monoisotopic (exact) mass is 334 g/mol. The smallest absolute Gasteiger partial charge is 0.271 e. The molecule has 0 aromatic heterocycles. The van der Waals surface area contributed by atoms with Crippen LogP contribution >= 0.6 is 0 Å². The molecule has 0 spiro atoms. The highest BCUT2D eigenvalue weighted by Gasteiger charge is 2.06. The highest BCUT2D eigenvalue weighted by molar-refractivity contribution is 5.99. The van der Waals surface area contributed by atoms with Gasteiger partial charge in [0.15, 0.2) is 0 Å². The van der Waals surface area contributed by atoms with Crippen LogP contribution in [0.4, 0.5) is 0 Å². The number of methoxy groups -OCH3 is 1. The average molecular weight is 334 g/mol. The van der Waals surface area contributed by atoms with Gasteiger partial charge >= 0.3 is 0 Å². The maximum Gasteiger partial charge on any atom is 0.271 e. The fourth-order valence-electron chi connectivity index (χ4n) is 2.49. The van der Waals surface area contributed by atoms with E-state index in [1.54, 1.807) is 37.4 Å². The summed E-state index contributed by atoms with van der Waals surface area (Å²) in [5.74, 6) is 0.566. The summed E-state index contributed by atoms with van der Waals surface area (Å²) in [6.45, 7) is 1.92. The molecule has 0 atom stereocenters. The van der Waals surface area contributed by atoms with Gasteiger partial charge in [0.1, 0.15) is 11.5 Å². The minimum atomic E-state index is -0.318. The molecule has 0 fully saturated rings. The number of hydrazone groups is 1. The number of carbonyl (C=O) groups excluding carboxylic acids is 1. The number of rotatable bonds is 4. The standard InChI is InChI=1S/C20H18N2O3/c1-13-3-8-19(23)17(9-13)12-21-22-20(24)16-5-4-15-11-18(25-2)7-6-14(15)10-16/h3-12,23H,1-2H3,(H,22,24). The van der Waals surface area contributed by atoms with E-state index in [4.69, 9.17) is 4.74 Å². The van der Waals surface area contributed by atoms with Crippen LogP contribution in [-0.2, 0) is 0 Å². The fraction of sp³-hybridized carbons (Fsp3) is 0.100. The Morgan fingerprint density at radius 1 is 1.08 bits per heavy atom. The molecule has 0 aliphatic rings. The first-order valence-corrected chi connectivity index (χ1v) is 7.77. The van der Waals surface area contributed by atoms with Crippen molar-refractivity contribution in [2.45, 2.75) is 6.92 Å². The number of nitrogens with one attached hydrogen (secondary N) is 1. The minimum Gasteiger partial charge on any atom is -0.507 e. The lowest BCUT2D eigenvalue weighted by Crippen LogP contribution is -2.17. The Bertz CT molecular complexity index is 964. The Morgan fingerprint density at radius 3 is 2.64 bits per heavy atom. The number of benzene rings is 3. The van der Waals surface area contributed by atoms with E-state index in [-0.39, 0.29) is 11.7 Å². The van der Waals surface area contributed by atoms with Crippen molar-refractivity contribution in [3.63, 3.8) is 0 Å². The Labute approximate surface area is 145 Å². The molecule has 126 valence electrons. The van der Waals surface area contributed by atoms with Crippen LogP contribution in [-0.4, -0.2) is 24.3 Å². The molecule has 25 heavy (non-hydrogen) atoms. The van der Waals surface area contributed by atoms with Crippen LogP contribution in [0.15, 0.2) is 59.7 Å². The summed E-state index contributed by atoms with van der Waals surface area (Å²) < 4.78 is 5.19. The van der Waals surface area contributed by atoms with Crippen LogP contribution in [0.3, 0.4) is 0 Å². The van der Waals surface area contributed by atoms with Crippen molar-refractivity contribution in [3.8, 4) is 11.5 Å². The van der Waals surface area contributed by atoms with Gasteiger partial charge in [0, 0.05) is 11.1 Å². The van der Waals surface area contributed by atoms with Crippen molar-refractivity contribution < 1.29 is 14.6 Å². The molecule has 3 aromatic carbocycles. The van der Waals surface area contributed by atoms with E-state index in [0.717, 1.165) is 22.1 Å². The van der Waals surface area contributed by atoms with Gasteiger partial charge in [0.25, 0.3) is 5.91 Å². The Kier molecular flexibility index (Phi) is 4.66. The second kappa shape index (κ2) is 7.05. The zero-order chi connectivity index (χ0) is 17.8. The zero-order valence-electron chi connectivity index (χ0n) is 14.0. The Morgan fingerprint density at radius 2 is 1.84 bits per heavy atom. The van der Waals surface area contributed by atoms with E-state index in [1.165, 1.54) is 6.21 Å². The molecule has 0 unspecified atom stereocenters. The van der Waals surface area contributed by atoms with Crippen molar-refractivity contribution in [3.05, 3.63) is 71.3 Å². The third kappa shape index (κ3) is 3.77. The number of ether oxygens (including phenoxy) is 1. The van der Waals surface area contributed by atoms with E-state index in [2.05, 4.69) is 10.5 Å². The second-order valence-corrected chi connectivity index (χ2v) is 5.69. The molecular weight excluding hydrogens is 316 g/mol. The van der Waals surface area contributed by atoms with Crippen molar-refractivity contribution in [1.29, 1.82) is 0 Å². The third-order valence-corrected chi connectivity index (χ3v) is 3.86. The Hall–Kier alpha value is -3.34. The first-order chi connectivity index (χ1) is 12.1. The molecule has 0 radical (unpaired) electrons. The van der Waals surface area contributed by atoms with Gasteiger partial charge in [-0.3, -0.25) is 4.79 Å². The number of aryl methyl sites for hydroxylation is 1. The van der Waals surface area contributed by atoms with Crippen LogP contribution in [0.2, 0.25) is 0 Å². The molecule has 0 saturated heterocycles. The molecule has 5 heteroatoms. The Balaban J connectivity index is 1.75. The fourth-order valence-corrected chi connectivity index (χ4v) is 2.49. The van der Waals surface area contributed by atoms with Crippen molar-refractivity contribution in [1.82, 2.24) is 5.43 Å². The average Bonchev–Trinajstić information content (AvgIpc) is 2.63. The van der Waals surface area contributed by atoms with Gasteiger partial charge in [-0.15, -0.1) is 0 Å². The summed E-state index contributed by atoms with van der Waals surface area (Å²) in [4.78, 5) is 12.2. The van der Waals surface area contributed by atoms with Gasteiger partial charge in [-0.25, -0.2) is 5.43 Å². The van der Waals surface area contributed by atoms with Gasteiger partial charge < -0.3 is 9.84 Å². The van der Waals surface area contributed by atoms with E-state index < -0.39 is 0 Å². The summed E-state index contributed by atoms with van der Waals surface area (Å²) in [6, 6.07) is 16.2. The van der Waals surface area contributed by atoms with Crippen LogP contribution in [0.25, 0.3) is 10.8 Å². The maximum absolute atomic E-state index is 12.2. The summed E-state index contributed by atoms with van der Waals surface area (Å²) in [5, 5.41) is 15.6. The quantitative estimate of drug-likeness (QED) is 0.565. The predicted octanol–water partition coefficient (Wildman–Crippen LogP) is 3.63. The minimum absolute atomic E-state index is 0.114. The van der Waals surface area contributed by atoms with Gasteiger partial charge in [-0.2, -0.15) is 5.10 Å². The number of amides is 1. The number of hydrogen-bond donors (Lipinski definition) is 2. The largest absolute Gasteiger partial charge is 0.507 e. The molecule has 2 N–H and O–H groups in total. The highest BCUT2D eigenvalue weighted by Crippen LogP contribution is 2.22. The van der Waals surface area contributed by atoms with E-state index in [0.29, 0.717) is 11.1 Å². The number of hydrogen-bond acceptors (Lipinski definition) is 4. The summed E-state index contributed by atoms with van der Waals surface area (Å²) >= 11 is 0. The summed E-state index contributed by atoms with van der Waals surface area (Å²) in [6.07, 6.45) is 1.42. The number of phenolic OH excluding ortho intramolecular Hbond substituents is 1. The highest BCUT2D eigenvalue weighted by atomic mass is 16.5. The summed E-state index contributed by atoms with van der Waals surface area (Å²) in [7, 11) is 1.62. The van der Waals surface area contributed by atoms with E-state index >= 15 is 0 Å². The number of fused-ring (bicyclic) bond motifs is 1. The molecule has 0 bridgehead atoms. The van der Waals surface area contributed by atoms with Crippen LogP contribution in [0.1, 0.15) is 21.5 Å². The van der Waals surface area contributed by atoms with Gasteiger partial charge in [0.05, 0.1) is 13.3 Å². The summed E-state index contributed by atoms with van der Waals surface area (Å²) in [5.41, 5.74) is 4.52. The van der Waals surface area contributed by atoms with E-state index in [1.807, 2.05) is 31.2 Å². The van der Waals surface area contributed by atoms with Gasteiger partial charge in [0.2, 0.25) is 0 Å². The molecule has 3 rings (SSSR count). The molecule has 1 amide bonds.